The van der Waals surface area contributed by atoms with E-state index in [4.69, 9.17) is 10.5 Å². The summed E-state index contributed by atoms with van der Waals surface area (Å²) in [6.07, 6.45) is 0. The Bertz CT molecular complexity index is 291. The Kier molecular flexibility index (Phi) is 5.12. The van der Waals surface area contributed by atoms with Crippen LogP contribution in [0.1, 0.15) is 13.8 Å². The number of hydrogen-bond acceptors (Lipinski definition) is 3. The van der Waals surface area contributed by atoms with Gasteiger partial charge >= 0.3 is 0 Å². The first kappa shape index (κ1) is 12.8. The summed E-state index contributed by atoms with van der Waals surface area (Å²) in [7, 11) is 1.68. The molecule has 16 heavy (non-hydrogen) atoms. The van der Waals surface area contributed by atoms with Gasteiger partial charge in [-0.15, -0.1) is 0 Å². The van der Waals surface area contributed by atoms with E-state index >= 15 is 0 Å². The highest BCUT2D eigenvalue weighted by Crippen LogP contribution is 2.25. The van der Waals surface area contributed by atoms with E-state index in [1.807, 2.05) is 26.0 Å². The molecular formula is C13H22N2O. The van der Waals surface area contributed by atoms with E-state index in [-0.39, 0.29) is 0 Å². The third-order valence-electron chi connectivity index (χ3n) is 2.73. The van der Waals surface area contributed by atoms with Gasteiger partial charge in [0, 0.05) is 24.7 Å². The Morgan fingerprint density at radius 2 is 1.81 bits per heavy atom. The van der Waals surface area contributed by atoms with Crippen molar-refractivity contribution in [3.63, 3.8) is 0 Å². The van der Waals surface area contributed by atoms with Gasteiger partial charge in [-0.05, 0) is 30.8 Å². The van der Waals surface area contributed by atoms with Crippen LogP contribution in [0.4, 0.5) is 5.69 Å². The van der Waals surface area contributed by atoms with Crippen LogP contribution < -0.4 is 15.4 Å². The molecule has 0 amide bonds. The maximum Gasteiger partial charge on any atom is 0.119 e. The molecule has 90 valence electrons. The van der Waals surface area contributed by atoms with Gasteiger partial charge in [0.15, 0.2) is 0 Å². The second-order valence-electron chi connectivity index (χ2n) is 3.70. The molecule has 1 fully saturated rings. The number of hydrogen-bond donors (Lipinski definition) is 1. The summed E-state index contributed by atoms with van der Waals surface area (Å²) in [4.78, 5) is 2.33. The molecule has 0 radical (unpaired) electrons. The minimum absolute atomic E-state index is 0.678. The van der Waals surface area contributed by atoms with Crippen LogP contribution in [0.2, 0.25) is 0 Å². The van der Waals surface area contributed by atoms with Gasteiger partial charge in [0.25, 0.3) is 0 Å². The van der Waals surface area contributed by atoms with Crippen LogP contribution >= 0.6 is 0 Å². The number of nitrogens with two attached hydrogens (primary N) is 1. The van der Waals surface area contributed by atoms with Crippen molar-refractivity contribution in [2.75, 3.05) is 31.6 Å². The number of nitrogens with zero attached hydrogens (tertiary/aromatic N) is 1. The molecule has 2 rings (SSSR count). The molecule has 3 heteroatoms. The van der Waals surface area contributed by atoms with Crippen molar-refractivity contribution in [2.24, 2.45) is 11.7 Å². The first-order chi connectivity index (χ1) is 7.83. The van der Waals surface area contributed by atoms with Gasteiger partial charge in [0.2, 0.25) is 0 Å². The highest BCUT2D eigenvalue weighted by molar-refractivity contribution is 5.51. The van der Waals surface area contributed by atoms with E-state index in [9.17, 15) is 0 Å². The lowest BCUT2D eigenvalue weighted by Gasteiger charge is -2.40. The van der Waals surface area contributed by atoms with E-state index < -0.39 is 0 Å². The molecule has 0 aliphatic carbocycles. The molecule has 0 spiro atoms. The molecule has 2 N–H and O–H groups in total. The molecule has 1 aliphatic rings. The van der Waals surface area contributed by atoms with Gasteiger partial charge in [0.1, 0.15) is 5.75 Å². The Labute approximate surface area is 98.2 Å². The van der Waals surface area contributed by atoms with E-state index in [0.29, 0.717) is 5.92 Å². The molecule has 3 nitrogen and oxygen atoms in total. The Morgan fingerprint density at radius 1 is 1.25 bits per heavy atom. The van der Waals surface area contributed by atoms with Crippen molar-refractivity contribution in [3.8, 4) is 5.75 Å². The third-order valence-corrected chi connectivity index (χ3v) is 2.73. The first-order valence-electron chi connectivity index (χ1n) is 5.92. The van der Waals surface area contributed by atoms with Crippen molar-refractivity contribution in [1.82, 2.24) is 0 Å². The zero-order chi connectivity index (χ0) is 12.0. The summed E-state index contributed by atoms with van der Waals surface area (Å²) >= 11 is 0. The van der Waals surface area contributed by atoms with Crippen molar-refractivity contribution in [2.45, 2.75) is 13.8 Å². The number of rotatable bonds is 3. The standard InChI is InChI=1S/C11H16N2O.C2H6/c1-14-11-4-2-10(3-5-11)13-7-9(6-12)8-13;1-2/h2-5,9H,6-8,12H2,1H3;1-2H3. The number of benzene rings is 1. The van der Waals surface area contributed by atoms with Gasteiger partial charge in [0.05, 0.1) is 7.11 Å². The minimum atomic E-state index is 0.678. The van der Waals surface area contributed by atoms with Crippen LogP contribution in [0, 0.1) is 5.92 Å². The van der Waals surface area contributed by atoms with Gasteiger partial charge in [-0.2, -0.15) is 0 Å². The number of anilines is 1. The van der Waals surface area contributed by atoms with Crippen LogP contribution in [0.3, 0.4) is 0 Å². The highest BCUT2D eigenvalue weighted by Gasteiger charge is 2.25. The van der Waals surface area contributed by atoms with E-state index in [1.165, 1.54) is 5.69 Å². The lowest BCUT2D eigenvalue weighted by molar-refractivity contribution is 0.412. The summed E-state index contributed by atoms with van der Waals surface area (Å²) in [5.41, 5.74) is 6.83. The molecule has 0 unspecified atom stereocenters. The fourth-order valence-corrected chi connectivity index (χ4v) is 1.72. The van der Waals surface area contributed by atoms with Crippen LogP contribution in [-0.4, -0.2) is 26.7 Å². The lowest BCUT2D eigenvalue weighted by Crippen LogP contribution is -2.49. The molecule has 1 aromatic rings. The van der Waals surface area contributed by atoms with Crippen LogP contribution in [0.15, 0.2) is 24.3 Å². The zero-order valence-electron chi connectivity index (χ0n) is 10.4. The highest BCUT2D eigenvalue weighted by atomic mass is 16.5. The van der Waals surface area contributed by atoms with E-state index in [2.05, 4.69) is 17.0 Å². The predicted molar refractivity (Wildman–Crippen MR) is 69.1 cm³/mol. The van der Waals surface area contributed by atoms with E-state index in [1.54, 1.807) is 7.11 Å². The van der Waals surface area contributed by atoms with E-state index in [0.717, 1.165) is 25.4 Å². The molecule has 0 atom stereocenters. The Balaban J connectivity index is 0.000000606. The van der Waals surface area contributed by atoms with Gasteiger partial charge in [-0.1, -0.05) is 13.8 Å². The smallest absolute Gasteiger partial charge is 0.119 e. The number of methoxy groups -OCH3 is 1. The van der Waals surface area contributed by atoms with Crippen molar-refractivity contribution >= 4 is 5.69 Å². The second-order valence-corrected chi connectivity index (χ2v) is 3.70. The predicted octanol–water partition coefficient (Wildman–Crippen LogP) is 2.12. The Morgan fingerprint density at radius 3 is 2.25 bits per heavy atom. The maximum atomic E-state index is 5.57. The summed E-state index contributed by atoms with van der Waals surface area (Å²) in [6.45, 7) is 6.97. The molecule has 0 saturated carbocycles. The monoisotopic (exact) mass is 222 g/mol. The molecule has 0 bridgehead atoms. The molecule has 1 aliphatic heterocycles. The van der Waals surface area contributed by atoms with Gasteiger partial charge < -0.3 is 15.4 Å². The molecule has 0 aromatic heterocycles. The summed E-state index contributed by atoms with van der Waals surface area (Å²) in [5, 5.41) is 0. The average Bonchev–Trinajstić information content (AvgIpc) is 2.31. The topological polar surface area (TPSA) is 38.5 Å². The summed E-state index contributed by atoms with van der Waals surface area (Å²) in [5.74, 6) is 1.58. The second kappa shape index (κ2) is 6.38. The minimum Gasteiger partial charge on any atom is -0.497 e. The summed E-state index contributed by atoms with van der Waals surface area (Å²) < 4.78 is 5.10. The average molecular weight is 222 g/mol. The SMILES string of the molecule is CC.COc1ccc(N2CC(CN)C2)cc1. The molecular weight excluding hydrogens is 200 g/mol. The fraction of sp³-hybridized carbons (Fsp3) is 0.538. The summed E-state index contributed by atoms with van der Waals surface area (Å²) in [6, 6.07) is 8.16. The van der Waals surface area contributed by atoms with Crippen molar-refractivity contribution in [1.29, 1.82) is 0 Å². The first-order valence-corrected chi connectivity index (χ1v) is 5.92. The van der Waals surface area contributed by atoms with Crippen molar-refractivity contribution in [3.05, 3.63) is 24.3 Å². The van der Waals surface area contributed by atoms with Gasteiger partial charge in [-0.25, -0.2) is 0 Å². The molecule has 1 aromatic carbocycles. The normalized spacial score (nSPS) is 14.9. The molecule has 1 heterocycles. The number of ether oxygens (including phenoxy) is 1. The maximum absolute atomic E-state index is 5.57. The fourth-order valence-electron chi connectivity index (χ4n) is 1.72. The third kappa shape index (κ3) is 2.89. The lowest BCUT2D eigenvalue weighted by atomic mass is 10.00. The van der Waals surface area contributed by atoms with Crippen molar-refractivity contribution < 1.29 is 4.74 Å². The Hall–Kier alpha value is -1.22. The van der Waals surface area contributed by atoms with Crippen LogP contribution in [0.5, 0.6) is 5.75 Å². The van der Waals surface area contributed by atoms with Gasteiger partial charge in [-0.3, -0.25) is 0 Å². The quantitative estimate of drug-likeness (QED) is 0.851. The molecule has 1 saturated heterocycles. The van der Waals surface area contributed by atoms with Crippen LogP contribution in [-0.2, 0) is 0 Å². The van der Waals surface area contributed by atoms with Crippen LogP contribution in [0.25, 0.3) is 0 Å². The zero-order valence-corrected chi connectivity index (χ0v) is 10.4. The largest absolute Gasteiger partial charge is 0.497 e.